The molecule has 0 radical (unpaired) electrons. The predicted octanol–water partition coefficient (Wildman–Crippen LogP) is 0.180. The number of β-amino-alcohol motifs (C(OH)–C–C–N with tert-alkyl or cyclic N) is 1. The van der Waals surface area contributed by atoms with Gasteiger partial charge in [-0.1, -0.05) is 6.92 Å². The van der Waals surface area contributed by atoms with E-state index in [1.54, 1.807) is 0 Å². The van der Waals surface area contributed by atoms with Gasteiger partial charge >= 0.3 is 0 Å². The number of hydrogen-bond donors (Lipinski definition) is 2. The van der Waals surface area contributed by atoms with Crippen molar-refractivity contribution in [2.45, 2.75) is 37.8 Å². The molecule has 3 heteroatoms. The summed E-state index contributed by atoms with van der Waals surface area (Å²) in [6.07, 6.45) is 3.56. The van der Waals surface area contributed by atoms with Crippen molar-refractivity contribution in [3.8, 4) is 0 Å². The van der Waals surface area contributed by atoms with Crippen LogP contribution in [0.3, 0.4) is 0 Å². The Bertz CT molecular complexity index is 193. The molecule has 0 spiro atoms. The summed E-state index contributed by atoms with van der Waals surface area (Å²) in [7, 11) is 0. The normalized spacial score (nSPS) is 38.1. The van der Waals surface area contributed by atoms with Gasteiger partial charge in [-0.25, -0.2) is 0 Å². The highest BCUT2D eigenvalue weighted by atomic mass is 16.3. The third-order valence-corrected chi connectivity index (χ3v) is 3.64. The lowest BCUT2D eigenvalue weighted by Crippen LogP contribution is -2.43. The Hall–Kier alpha value is -0.120. The van der Waals surface area contributed by atoms with E-state index >= 15 is 0 Å². The van der Waals surface area contributed by atoms with Gasteiger partial charge in [0.05, 0.1) is 5.60 Å². The second-order valence-corrected chi connectivity index (χ2v) is 4.69. The van der Waals surface area contributed by atoms with Gasteiger partial charge in [-0.05, 0) is 31.7 Å². The summed E-state index contributed by atoms with van der Waals surface area (Å²) in [5.74, 6) is 0.233. The number of aliphatic hydroxyl groups is 1. The molecule has 1 saturated carbocycles. The highest BCUT2D eigenvalue weighted by Crippen LogP contribution is 2.36. The maximum atomic E-state index is 10.3. The molecular formula is C10H20N2O. The molecule has 2 atom stereocenters. The average molecular weight is 184 g/mol. The smallest absolute Gasteiger partial charge is 0.0823 e. The molecule has 0 aromatic carbocycles. The van der Waals surface area contributed by atoms with E-state index in [0.29, 0.717) is 6.54 Å². The van der Waals surface area contributed by atoms with E-state index in [9.17, 15) is 5.11 Å². The monoisotopic (exact) mass is 184 g/mol. The molecule has 1 heterocycles. The van der Waals surface area contributed by atoms with E-state index in [-0.39, 0.29) is 5.92 Å². The Morgan fingerprint density at radius 1 is 1.62 bits per heavy atom. The van der Waals surface area contributed by atoms with Crippen molar-refractivity contribution in [1.82, 2.24) is 4.90 Å². The van der Waals surface area contributed by atoms with Crippen LogP contribution in [0.15, 0.2) is 0 Å². The first-order chi connectivity index (χ1) is 6.15. The molecule has 2 rings (SSSR count). The molecule has 0 aromatic rings. The van der Waals surface area contributed by atoms with Crippen molar-refractivity contribution in [3.63, 3.8) is 0 Å². The number of nitrogens with zero attached hydrogens (tertiary/aromatic N) is 1. The van der Waals surface area contributed by atoms with Gasteiger partial charge in [-0.3, -0.25) is 4.90 Å². The van der Waals surface area contributed by atoms with E-state index in [2.05, 4.69) is 11.8 Å². The lowest BCUT2D eigenvalue weighted by atomic mass is 9.88. The number of hydrogen-bond acceptors (Lipinski definition) is 3. The van der Waals surface area contributed by atoms with Gasteiger partial charge in [0, 0.05) is 19.1 Å². The molecule has 13 heavy (non-hydrogen) atoms. The quantitative estimate of drug-likeness (QED) is 0.658. The van der Waals surface area contributed by atoms with Crippen LogP contribution in [0.5, 0.6) is 0 Å². The Morgan fingerprint density at radius 3 is 2.85 bits per heavy atom. The lowest BCUT2D eigenvalue weighted by Gasteiger charge is -2.29. The van der Waals surface area contributed by atoms with Crippen LogP contribution in [0.4, 0.5) is 0 Å². The van der Waals surface area contributed by atoms with Crippen molar-refractivity contribution in [1.29, 1.82) is 0 Å². The van der Waals surface area contributed by atoms with E-state index < -0.39 is 5.60 Å². The standard InChI is InChI=1S/C10H20N2O/c1-8(6-11)10(13)4-5-12(7-10)9-2-3-9/h8-9,13H,2-7,11H2,1H3. The van der Waals surface area contributed by atoms with Crippen LogP contribution in [-0.4, -0.2) is 41.3 Å². The second kappa shape index (κ2) is 3.23. The maximum Gasteiger partial charge on any atom is 0.0823 e. The summed E-state index contributed by atoms with van der Waals surface area (Å²) in [6.45, 7) is 4.55. The van der Waals surface area contributed by atoms with E-state index in [1.807, 2.05) is 0 Å². The molecule has 1 aliphatic carbocycles. The zero-order chi connectivity index (χ0) is 9.47. The van der Waals surface area contributed by atoms with Crippen LogP contribution < -0.4 is 5.73 Å². The topological polar surface area (TPSA) is 49.5 Å². The van der Waals surface area contributed by atoms with Crippen molar-refractivity contribution >= 4 is 0 Å². The Balaban J connectivity index is 1.94. The Labute approximate surface area is 79.9 Å². The zero-order valence-corrected chi connectivity index (χ0v) is 8.37. The molecule has 0 aromatic heterocycles. The summed E-state index contributed by atoms with van der Waals surface area (Å²) in [5, 5.41) is 10.3. The van der Waals surface area contributed by atoms with E-state index in [4.69, 9.17) is 5.73 Å². The summed E-state index contributed by atoms with van der Waals surface area (Å²) in [5.41, 5.74) is 5.09. The van der Waals surface area contributed by atoms with Gasteiger partial charge < -0.3 is 10.8 Å². The van der Waals surface area contributed by atoms with Crippen LogP contribution in [0.25, 0.3) is 0 Å². The van der Waals surface area contributed by atoms with Gasteiger partial charge in [0.2, 0.25) is 0 Å². The Morgan fingerprint density at radius 2 is 2.31 bits per heavy atom. The molecule has 0 bridgehead atoms. The maximum absolute atomic E-state index is 10.3. The second-order valence-electron chi connectivity index (χ2n) is 4.69. The van der Waals surface area contributed by atoms with E-state index in [0.717, 1.165) is 25.6 Å². The number of nitrogens with two attached hydrogens (primary N) is 1. The summed E-state index contributed by atoms with van der Waals surface area (Å²) >= 11 is 0. The SMILES string of the molecule is CC(CN)C1(O)CCN(C2CC2)C1. The van der Waals surface area contributed by atoms with Crippen LogP contribution >= 0.6 is 0 Å². The summed E-state index contributed by atoms with van der Waals surface area (Å²) < 4.78 is 0. The van der Waals surface area contributed by atoms with Crippen LogP contribution in [0.2, 0.25) is 0 Å². The van der Waals surface area contributed by atoms with Crippen molar-refractivity contribution < 1.29 is 5.11 Å². The lowest BCUT2D eigenvalue weighted by molar-refractivity contribution is 0.000646. The predicted molar refractivity (Wildman–Crippen MR) is 52.4 cm³/mol. The van der Waals surface area contributed by atoms with Crippen LogP contribution in [-0.2, 0) is 0 Å². The molecule has 76 valence electrons. The Kier molecular flexibility index (Phi) is 2.34. The van der Waals surface area contributed by atoms with Crippen LogP contribution in [0, 0.1) is 5.92 Å². The van der Waals surface area contributed by atoms with E-state index in [1.165, 1.54) is 12.8 Å². The summed E-state index contributed by atoms with van der Waals surface area (Å²) in [4.78, 5) is 2.42. The fourth-order valence-electron chi connectivity index (χ4n) is 2.22. The minimum Gasteiger partial charge on any atom is -0.388 e. The first-order valence-electron chi connectivity index (χ1n) is 5.32. The zero-order valence-electron chi connectivity index (χ0n) is 8.37. The molecule has 0 amide bonds. The largest absolute Gasteiger partial charge is 0.388 e. The van der Waals surface area contributed by atoms with Crippen molar-refractivity contribution in [3.05, 3.63) is 0 Å². The third kappa shape index (κ3) is 1.73. The van der Waals surface area contributed by atoms with Crippen molar-refractivity contribution in [2.24, 2.45) is 11.7 Å². The molecule has 2 fully saturated rings. The van der Waals surface area contributed by atoms with Gasteiger partial charge in [-0.2, -0.15) is 0 Å². The minimum absolute atomic E-state index is 0.233. The first kappa shape index (κ1) is 9.44. The van der Waals surface area contributed by atoms with Crippen LogP contribution in [0.1, 0.15) is 26.2 Å². The highest BCUT2D eigenvalue weighted by Gasteiger charge is 2.44. The van der Waals surface area contributed by atoms with Gasteiger partial charge in [0.25, 0.3) is 0 Å². The van der Waals surface area contributed by atoms with Gasteiger partial charge in [0.1, 0.15) is 0 Å². The molecule has 3 nitrogen and oxygen atoms in total. The molecule has 1 aliphatic heterocycles. The fraction of sp³-hybridized carbons (Fsp3) is 1.00. The average Bonchev–Trinajstić information content (AvgIpc) is 2.90. The highest BCUT2D eigenvalue weighted by molar-refractivity contribution is 4.99. The fourth-order valence-corrected chi connectivity index (χ4v) is 2.22. The molecule has 2 aliphatic rings. The molecular weight excluding hydrogens is 164 g/mol. The molecule has 1 saturated heterocycles. The number of rotatable bonds is 3. The number of likely N-dealkylation sites (tertiary alicyclic amines) is 1. The van der Waals surface area contributed by atoms with Gasteiger partial charge in [0.15, 0.2) is 0 Å². The third-order valence-electron chi connectivity index (χ3n) is 3.64. The minimum atomic E-state index is -0.503. The summed E-state index contributed by atoms with van der Waals surface area (Å²) in [6, 6.07) is 0.777. The molecule has 2 unspecified atom stereocenters. The van der Waals surface area contributed by atoms with Crippen molar-refractivity contribution in [2.75, 3.05) is 19.6 Å². The first-order valence-corrected chi connectivity index (χ1v) is 5.32. The van der Waals surface area contributed by atoms with Gasteiger partial charge in [-0.15, -0.1) is 0 Å². The molecule has 3 N–H and O–H groups in total.